The van der Waals surface area contributed by atoms with Crippen LogP contribution < -0.4 is 4.90 Å². The number of benzene rings is 1. The molecule has 2 saturated heterocycles. The van der Waals surface area contributed by atoms with Crippen molar-refractivity contribution < 1.29 is 9.53 Å². The van der Waals surface area contributed by atoms with Crippen LogP contribution in [-0.4, -0.2) is 49.7 Å². The van der Waals surface area contributed by atoms with Crippen LogP contribution in [0.3, 0.4) is 0 Å². The average molecular weight is 309 g/mol. The highest BCUT2D eigenvalue weighted by molar-refractivity contribution is 6.30. The van der Waals surface area contributed by atoms with E-state index >= 15 is 0 Å². The highest BCUT2D eigenvalue weighted by Gasteiger charge is 2.25. The second kappa shape index (κ2) is 6.67. The zero-order chi connectivity index (χ0) is 14.7. The lowest BCUT2D eigenvalue weighted by Crippen LogP contribution is -2.49. The van der Waals surface area contributed by atoms with Gasteiger partial charge in [0.25, 0.3) is 0 Å². The number of nitrogens with zero attached hydrogens (tertiary/aromatic N) is 2. The van der Waals surface area contributed by atoms with E-state index in [0.717, 1.165) is 56.3 Å². The average Bonchev–Trinajstić information content (AvgIpc) is 3.00. The van der Waals surface area contributed by atoms with E-state index in [-0.39, 0.29) is 12.0 Å². The number of piperazine rings is 1. The summed E-state index contributed by atoms with van der Waals surface area (Å²) in [6.07, 6.45) is 2.79. The number of hydrogen-bond donors (Lipinski definition) is 0. The summed E-state index contributed by atoms with van der Waals surface area (Å²) in [5, 5.41) is 0.754. The van der Waals surface area contributed by atoms with Crippen molar-refractivity contribution in [3.63, 3.8) is 0 Å². The van der Waals surface area contributed by atoms with Gasteiger partial charge < -0.3 is 14.5 Å². The SMILES string of the molecule is O=C(CC1CCCO1)N1CCN(c2cccc(Cl)c2)CC1. The smallest absolute Gasteiger partial charge is 0.225 e. The number of anilines is 1. The van der Waals surface area contributed by atoms with E-state index < -0.39 is 0 Å². The first-order chi connectivity index (χ1) is 10.2. The van der Waals surface area contributed by atoms with Gasteiger partial charge in [0.2, 0.25) is 5.91 Å². The molecule has 2 fully saturated rings. The Hall–Kier alpha value is -1.26. The molecule has 2 heterocycles. The molecule has 2 aliphatic rings. The summed E-state index contributed by atoms with van der Waals surface area (Å²) in [5.74, 6) is 0.229. The molecule has 1 aromatic rings. The lowest BCUT2D eigenvalue weighted by molar-refractivity contribution is -0.133. The van der Waals surface area contributed by atoms with Crippen LogP contribution in [0.2, 0.25) is 5.02 Å². The van der Waals surface area contributed by atoms with Crippen LogP contribution in [0.1, 0.15) is 19.3 Å². The van der Waals surface area contributed by atoms with Crippen molar-refractivity contribution in [2.24, 2.45) is 0 Å². The minimum absolute atomic E-state index is 0.142. The van der Waals surface area contributed by atoms with Gasteiger partial charge >= 0.3 is 0 Å². The molecule has 0 aromatic heterocycles. The summed E-state index contributed by atoms with van der Waals surface area (Å²) in [4.78, 5) is 16.5. The van der Waals surface area contributed by atoms with E-state index in [9.17, 15) is 4.79 Å². The minimum Gasteiger partial charge on any atom is -0.378 e. The van der Waals surface area contributed by atoms with Crippen molar-refractivity contribution in [1.82, 2.24) is 4.90 Å². The monoisotopic (exact) mass is 308 g/mol. The van der Waals surface area contributed by atoms with Crippen LogP contribution in [0.25, 0.3) is 0 Å². The zero-order valence-corrected chi connectivity index (χ0v) is 12.9. The van der Waals surface area contributed by atoms with E-state index in [1.165, 1.54) is 0 Å². The van der Waals surface area contributed by atoms with Crippen LogP contribution in [0, 0.1) is 0 Å². The van der Waals surface area contributed by atoms with E-state index in [1.807, 2.05) is 23.1 Å². The molecule has 3 rings (SSSR count). The normalized spacial score (nSPS) is 22.6. The maximum absolute atomic E-state index is 12.3. The molecule has 21 heavy (non-hydrogen) atoms. The van der Waals surface area contributed by atoms with Crippen molar-refractivity contribution in [3.05, 3.63) is 29.3 Å². The number of rotatable bonds is 3. The second-order valence-electron chi connectivity index (χ2n) is 5.69. The molecular weight excluding hydrogens is 288 g/mol. The Morgan fingerprint density at radius 3 is 2.76 bits per heavy atom. The molecule has 4 nitrogen and oxygen atoms in total. The fraction of sp³-hybridized carbons (Fsp3) is 0.562. The van der Waals surface area contributed by atoms with Gasteiger partial charge in [-0.05, 0) is 31.0 Å². The maximum atomic E-state index is 12.3. The first-order valence-electron chi connectivity index (χ1n) is 7.62. The molecule has 0 spiro atoms. The predicted molar refractivity (Wildman–Crippen MR) is 83.8 cm³/mol. The van der Waals surface area contributed by atoms with Gasteiger partial charge in [0.1, 0.15) is 0 Å². The van der Waals surface area contributed by atoms with Gasteiger partial charge in [0.15, 0.2) is 0 Å². The minimum atomic E-state index is 0.142. The molecule has 0 radical (unpaired) electrons. The fourth-order valence-electron chi connectivity index (χ4n) is 3.02. The summed E-state index contributed by atoms with van der Waals surface area (Å²) in [6.45, 7) is 4.08. The maximum Gasteiger partial charge on any atom is 0.225 e. The van der Waals surface area contributed by atoms with Crippen molar-refractivity contribution in [1.29, 1.82) is 0 Å². The molecule has 0 bridgehead atoms. The van der Waals surface area contributed by atoms with Crippen LogP contribution in [0.5, 0.6) is 0 Å². The molecular formula is C16H21ClN2O2. The fourth-order valence-corrected chi connectivity index (χ4v) is 3.20. The Bertz CT molecular complexity index is 495. The number of ether oxygens (including phenoxy) is 1. The highest BCUT2D eigenvalue weighted by Crippen LogP contribution is 2.22. The number of carbonyl (C=O) groups is 1. The van der Waals surface area contributed by atoms with Gasteiger partial charge in [-0.1, -0.05) is 17.7 Å². The van der Waals surface area contributed by atoms with Gasteiger partial charge in [0, 0.05) is 43.5 Å². The highest BCUT2D eigenvalue weighted by atomic mass is 35.5. The van der Waals surface area contributed by atoms with Gasteiger partial charge in [-0.3, -0.25) is 4.79 Å². The Labute approximate surface area is 130 Å². The first kappa shape index (κ1) is 14.7. The summed E-state index contributed by atoms with van der Waals surface area (Å²) < 4.78 is 5.55. The third-order valence-corrected chi connectivity index (χ3v) is 4.47. The Balaban J connectivity index is 1.51. The molecule has 0 saturated carbocycles. The zero-order valence-electron chi connectivity index (χ0n) is 12.1. The molecule has 1 unspecified atom stereocenters. The number of amides is 1. The van der Waals surface area contributed by atoms with Crippen LogP contribution in [0.15, 0.2) is 24.3 Å². The Morgan fingerprint density at radius 2 is 2.10 bits per heavy atom. The van der Waals surface area contributed by atoms with Crippen molar-refractivity contribution >= 4 is 23.2 Å². The molecule has 1 atom stereocenters. The third-order valence-electron chi connectivity index (χ3n) is 4.23. The Kier molecular flexibility index (Phi) is 4.66. The van der Waals surface area contributed by atoms with Crippen molar-refractivity contribution in [3.8, 4) is 0 Å². The quantitative estimate of drug-likeness (QED) is 0.860. The summed E-state index contributed by atoms with van der Waals surface area (Å²) in [5.41, 5.74) is 1.13. The summed E-state index contributed by atoms with van der Waals surface area (Å²) >= 11 is 6.03. The largest absolute Gasteiger partial charge is 0.378 e. The van der Waals surface area contributed by atoms with Crippen molar-refractivity contribution in [2.75, 3.05) is 37.7 Å². The number of hydrogen-bond acceptors (Lipinski definition) is 3. The van der Waals surface area contributed by atoms with Crippen LogP contribution in [0.4, 0.5) is 5.69 Å². The van der Waals surface area contributed by atoms with E-state index in [1.54, 1.807) is 0 Å². The van der Waals surface area contributed by atoms with Gasteiger partial charge in [0.05, 0.1) is 12.5 Å². The van der Waals surface area contributed by atoms with Crippen molar-refractivity contribution in [2.45, 2.75) is 25.4 Å². The van der Waals surface area contributed by atoms with Crippen LogP contribution in [-0.2, 0) is 9.53 Å². The topological polar surface area (TPSA) is 32.8 Å². The molecule has 114 valence electrons. The van der Waals surface area contributed by atoms with Gasteiger partial charge in [-0.2, -0.15) is 0 Å². The predicted octanol–water partition coefficient (Wildman–Crippen LogP) is 2.56. The summed E-state index contributed by atoms with van der Waals surface area (Å²) in [6, 6.07) is 7.89. The third kappa shape index (κ3) is 3.69. The second-order valence-corrected chi connectivity index (χ2v) is 6.12. The molecule has 5 heteroatoms. The molecule has 0 N–H and O–H groups in total. The van der Waals surface area contributed by atoms with Gasteiger partial charge in [-0.25, -0.2) is 0 Å². The van der Waals surface area contributed by atoms with E-state index in [0.29, 0.717) is 6.42 Å². The first-order valence-corrected chi connectivity index (χ1v) is 8.00. The molecule has 0 aliphatic carbocycles. The summed E-state index contributed by atoms with van der Waals surface area (Å²) in [7, 11) is 0. The molecule has 2 aliphatic heterocycles. The van der Waals surface area contributed by atoms with Crippen LogP contribution >= 0.6 is 11.6 Å². The van der Waals surface area contributed by atoms with E-state index in [4.69, 9.17) is 16.3 Å². The lowest BCUT2D eigenvalue weighted by atomic mass is 10.1. The standard InChI is InChI=1S/C16H21ClN2O2/c17-13-3-1-4-14(11-13)18-6-8-19(9-7-18)16(20)12-15-5-2-10-21-15/h1,3-4,11,15H,2,5-10,12H2. The lowest BCUT2D eigenvalue weighted by Gasteiger charge is -2.36. The van der Waals surface area contributed by atoms with Gasteiger partial charge in [-0.15, -0.1) is 0 Å². The molecule has 1 aromatic carbocycles. The van der Waals surface area contributed by atoms with E-state index in [2.05, 4.69) is 11.0 Å². The number of carbonyl (C=O) groups excluding carboxylic acids is 1. The number of halogens is 1. The molecule has 1 amide bonds. The Morgan fingerprint density at radius 1 is 1.29 bits per heavy atom.